The van der Waals surface area contributed by atoms with E-state index in [-0.39, 0.29) is 11.3 Å². The van der Waals surface area contributed by atoms with Crippen molar-refractivity contribution in [1.29, 1.82) is 0 Å². The zero-order valence-corrected chi connectivity index (χ0v) is 10.2. The highest BCUT2D eigenvalue weighted by molar-refractivity contribution is 5.91. The molecule has 1 amide bonds. The second kappa shape index (κ2) is 4.39. The molecule has 2 aliphatic heterocycles. The van der Waals surface area contributed by atoms with Crippen LogP contribution in [0.5, 0.6) is 0 Å². The lowest BCUT2D eigenvalue weighted by molar-refractivity contribution is 0.0603. The molecule has 0 saturated carbocycles. The summed E-state index contributed by atoms with van der Waals surface area (Å²) in [6.45, 7) is 2.49. The van der Waals surface area contributed by atoms with Crippen LogP contribution in [0.1, 0.15) is 23.4 Å². The van der Waals surface area contributed by atoms with Crippen molar-refractivity contribution in [1.82, 2.24) is 10.2 Å². The summed E-state index contributed by atoms with van der Waals surface area (Å²) in [6, 6.07) is 3.35. The first-order valence-electron chi connectivity index (χ1n) is 6.39. The standard InChI is InChI=1S/C13H17FN2O2/c14-11-3-5-15-8-13(11)4-6-16(9-13)12(17)10-2-1-7-18-10/h1-2,7,11,15H,3-6,8-9H2/t11-,13+/m1/s1. The van der Waals surface area contributed by atoms with Crippen molar-refractivity contribution >= 4 is 5.91 Å². The molecule has 5 heteroatoms. The van der Waals surface area contributed by atoms with E-state index in [1.165, 1.54) is 6.26 Å². The fourth-order valence-corrected chi connectivity index (χ4v) is 3.01. The van der Waals surface area contributed by atoms with Crippen LogP contribution in [0.3, 0.4) is 0 Å². The molecular formula is C13H17FN2O2. The predicted molar refractivity (Wildman–Crippen MR) is 64.0 cm³/mol. The summed E-state index contributed by atoms with van der Waals surface area (Å²) in [5.41, 5.74) is -0.388. The fraction of sp³-hybridized carbons (Fsp3) is 0.615. The summed E-state index contributed by atoms with van der Waals surface area (Å²) in [5, 5.41) is 3.24. The third-order valence-electron chi connectivity index (χ3n) is 4.12. The Morgan fingerprint density at radius 2 is 2.50 bits per heavy atom. The molecule has 1 aromatic rings. The van der Waals surface area contributed by atoms with Gasteiger partial charge in [0, 0.05) is 25.0 Å². The average molecular weight is 252 g/mol. The van der Waals surface area contributed by atoms with Crippen molar-refractivity contribution in [2.75, 3.05) is 26.2 Å². The second-order valence-electron chi connectivity index (χ2n) is 5.25. The van der Waals surface area contributed by atoms with Gasteiger partial charge in [0.05, 0.1) is 6.26 Å². The molecule has 2 saturated heterocycles. The van der Waals surface area contributed by atoms with Crippen LogP contribution in [0, 0.1) is 5.41 Å². The number of carbonyl (C=O) groups excluding carboxylic acids is 1. The van der Waals surface area contributed by atoms with Crippen molar-refractivity contribution in [2.24, 2.45) is 5.41 Å². The molecule has 3 heterocycles. The van der Waals surface area contributed by atoms with Gasteiger partial charge in [0.15, 0.2) is 5.76 Å². The molecule has 2 fully saturated rings. The highest BCUT2D eigenvalue weighted by Crippen LogP contribution is 2.39. The van der Waals surface area contributed by atoms with Gasteiger partial charge >= 0.3 is 0 Å². The number of nitrogens with zero attached hydrogens (tertiary/aromatic N) is 1. The normalized spacial score (nSPS) is 32.1. The highest BCUT2D eigenvalue weighted by atomic mass is 19.1. The molecule has 0 aromatic carbocycles. The van der Waals surface area contributed by atoms with E-state index < -0.39 is 6.17 Å². The van der Waals surface area contributed by atoms with Crippen molar-refractivity contribution in [2.45, 2.75) is 19.0 Å². The van der Waals surface area contributed by atoms with Gasteiger partial charge in [0.2, 0.25) is 0 Å². The number of hydrogen-bond donors (Lipinski definition) is 1. The van der Waals surface area contributed by atoms with Gasteiger partial charge in [-0.05, 0) is 31.5 Å². The minimum absolute atomic E-state index is 0.130. The van der Waals surface area contributed by atoms with E-state index in [0.29, 0.717) is 31.8 Å². The van der Waals surface area contributed by atoms with E-state index in [1.807, 2.05) is 0 Å². The molecule has 4 nitrogen and oxygen atoms in total. The summed E-state index contributed by atoms with van der Waals surface area (Å²) in [6.07, 6.45) is 1.95. The van der Waals surface area contributed by atoms with Crippen LogP contribution in [0.15, 0.2) is 22.8 Å². The monoisotopic (exact) mass is 252 g/mol. The molecule has 1 N–H and O–H groups in total. The second-order valence-corrected chi connectivity index (χ2v) is 5.25. The number of nitrogens with one attached hydrogen (secondary N) is 1. The quantitative estimate of drug-likeness (QED) is 0.822. The van der Waals surface area contributed by atoms with Crippen LogP contribution in [-0.2, 0) is 0 Å². The van der Waals surface area contributed by atoms with Gasteiger partial charge in [-0.1, -0.05) is 0 Å². The summed E-state index contributed by atoms with van der Waals surface area (Å²) < 4.78 is 19.2. The van der Waals surface area contributed by atoms with Crippen LogP contribution in [0.2, 0.25) is 0 Å². The van der Waals surface area contributed by atoms with Crippen LogP contribution in [0.4, 0.5) is 4.39 Å². The van der Waals surface area contributed by atoms with Crippen LogP contribution in [0.25, 0.3) is 0 Å². The maximum atomic E-state index is 14.1. The van der Waals surface area contributed by atoms with Gasteiger partial charge in [-0.15, -0.1) is 0 Å². The lowest BCUT2D eigenvalue weighted by Crippen LogP contribution is -2.50. The lowest BCUT2D eigenvalue weighted by Gasteiger charge is -2.36. The van der Waals surface area contributed by atoms with Crippen LogP contribution >= 0.6 is 0 Å². The van der Waals surface area contributed by atoms with E-state index in [4.69, 9.17) is 4.42 Å². The van der Waals surface area contributed by atoms with Gasteiger partial charge in [-0.2, -0.15) is 0 Å². The Morgan fingerprint density at radius 3 is 3.22 bits per heavy atom. The Bertz CT molecular complexity index is 434. The molecule has 1 spiro atoms. The van der Waals surface area contributed by atoms with E-state index in [0.717, 1.165) is 13.0 Å². The molecule has 98 valence electrons. The molecular weight excluding hydrogens is 235 g/mol. The smallest absolute Gasteiger partial charge is 0.289 e. The van der Waals surface area contributed by atoms with Crippen molar-refractivity contribution in [3.8, 4) is 0 Å². The molecule has 0 unspecified atom stereocenters. The number of carbonyl (C=O) groups is 1. The Morgan fingerprint density at radius 1 is 1.61 bits per heavy atom. The largest absolute Gasteiger partial charge is 0.459 e. The zero-order chi connectivity index (χ0) is 12.6. The number of hydrogen-bond acceptors (Lipinski definition) is 3. The molecule has 3 rings (SSSR count). The van der Waals surface area contributed by atoms with Gasteiger partial charge in [0.25, 0.3) is 5.91 Å². The number of likely N-dealkylation sites (tertiary alicyclic amines) is 1. The summed E-state index contributed by atoms with van der Waals surface area (Å²) >= 11 is 0. The van der Waals surface area contributed by atoms with E-state index >= 15 is 0 Å². The highest BCUT2D eigenvalue weighted by Gasteiger charge is 2.47. The van der Waals surface area contributed by atoms with E-state index in [1.54, 1.807) is 17.0 Å². The maximum Gasteiger partial charge on any atom is 0.289 e. The Kier molecular flexibility index (Phi) is 2.86. The number of piperidine rings is 1. The lowest BCUT2D eigenvalue weighted by atomic mass is 9.78. The van der Waals surface area contributed by atoms with Gasteiger partial charge < -0.3 is 14.6 Å². The van der Waals surface area contributed by atoms with Crippen molar-refractivity contribution < 1.29 is 13.6 Å². The summed E-state index contributed by atoms with van der Waals surface area (Å²) in [4.78, 5) is 13.8. The van der Waals surface area contributed by atoms with Crippen LogP contribution < -0.4 is 5.32 Å². The molecule has 1 aromatic heterocycles. The van der Waals surface area contributed by atoms with Crippen LogP contribution in [-0.4, -0.2) is 43.2 Å². The first kappa shape index (κ1) is 11.7. The minimum Gasteiger partial charge on any atom is -0.459 e. The number of rotatable bonds is 1. The van der Waals surface area contributed by atoms with E-state index in [2.05, 4.69) is 5.32 Å². The molecule has 2 atom stereocenters. The van der Waals surface area contributed by atoms with Gasteiger partial charge in [0.1, 0.15) is 6.17 Å². The third kappa shape index (κ3) is 1.82. The first-order valence-corrected chi connectivity index (χ1v) is 6.39. The number of amides is 1. The number of halogens is 1. The summed E-state index contributed by atoms with van der Waals surface area (Å²) in [5.74, 6) is 0.209. The minimum atomic E-state index is -0.812. The fourth-order valence-electron chi connectivity index (χ4n) is 3.01. The average Bonchev–Trinajstić information content (AvgIpc) is 3.03. The summed E-state index contributed by atoms with van der Waals surface area (Å²) in [7, 11) is 0. The SMILES string of the molecule is O=C(c1ccco1)N1CC[C@]2(CNCC[C@H]2F)C1. The Balaban J connectivity index is 1.73. The zero-order valence-electron chi connectivity index (χ0n) is 10.2. The Hall–Kier alpha value is -1.36. The maximum absolute atomic E-state index is 14.1. The van der Waals surface area contributed by atoms with Crippen molar-refractivity contribution in [3.63, 3.8) is 0 Å². The van der Waals surface area contributed by atoms with Gasteiger partial charge in [-0.3, -0.25) is 4.79 Å². The molecule has 0 bridgehead atoms. The van der Waals surface area contributed by atoms with Gasteiger partial charge in [-0.25, -0.2) is 4.39 Å². The van der Waals surface area contributed by atoms with Crippen molar-refractivity contribution in [3.05, 3.63) is 24.2 Å². The molecule has 2 aliphatic rings. The topological polar surface area (TPSA) is 45.5 Å². The molecule has 18 heavy (non-hydrogen) atoms. The number of alkyl halides is 1. The van der Waals surface area contributed by atoms with E-state index in [9.17, 15) is 9.18 Å². The molecule has 0 radical (unpaired) electrons. The first-order chi connectivity index (χ1) is 8.71. The number of furan rings is 1. The predicted octanol–water partition coefficient (Wildman–Crippen LogP) is 1.44. The third-order valence-corrected chi connectivity index (χ3v) is 4.12. The Labute approximate surface area is 105 Å². The molecule has 0 aliphatic carbocycles.